The van der Waals surface area contributed by atoms with Crippen LogP contribution in [0.5, 0.6) is 0 Å². The maximum absolute atomic E-state index is 13.5. The minimum Gasteiger partial charge on any atom is -0.339 e. The van der Waals surface area contributed by atoms with Crippen LogP contribution in [-0.4, -0.2) is 51.4 Å². The zero-order chi connectivity index (χ0) is 20.4. The van der Waals surface area contributed by atoms with E-state index in [4.69, 9.17) is 0 Å². The molecule has 1 fully saturated rings. The van der Waals surface area contributed by atoms with Crippen molar-refractivity contribution in [2.24, 2.45) is 0 Å². The molecule has 0 atom stereocenters. The molecule has 0 unspecified atom stereocenters. The number of fused-ring (bicyclic) bond motifs is 1. The smallest absolute Gasteiger partial charge is 0.261 e. The van der Waals surface area contributed by atoms with Crippen LogP contribution in [0.2, 0.25) is 0 Å². The normalized spacial score (nSPS) is 15.0. The van der Waals surface area contributed by atoms with Crippen LogP contribution in [0.15, 0.2) is 53.3 Å². The van der Waals surface area contributed by atoms with E-state index < -0.39 is 5.82 Å². The number of amides is 1. The van der Waals surface area contributed by atoms with Crippen molar-refractivity contribution >= 4 is 16.8 Å². The molecule has 1 aliphatic heterocycles. The summed E-state index contributed by atoms with van der Waals surface area (Å²) in [4.78, 5) is 34.0. The molecule has 0 aliphatic carbocycles. The predicted octanol–water partition coefficient (Wildman–Crippen LogP) is 2.19. The Balaban J connectivity index is 1.43. The number of carbonyl (C=O) groups is 1. The minimum atomic E-state index is -0.493. The highest BCUT2D eigenvalue weighted by atomic mass is 19.1. The van der Waals surface area contributed by atoms with Crippen molar-refractivity contribution < 1.29 is 9.18 Å². The Kier molecular flexibility index (Phi) is 5.40. The van der Waals surface area contributed by atoms with E-state index in [9.17, 15) is 14.0 Å². The summed E-state index contributed by atoms with van der Waals surface area (Å²) in [5, 5.41) is 0.191. The summed E-state index contributed by atoms with van der Waals surface area (Å²) in [5.74, 6) is -0.162. The Bertz CT molecular complexity index is 1090. The highest BCUT2D eigenvalue weighted by Gasteiger charge is 2.22. The molecule has 6 nitrogen and oxygen atoms in total. The molecule has 4 rings (SSSR count). The summed E-state index contributed by atoms with van der Waals surface area (Å²) in [7, 11) is 0. The topological polar surface area (TPSA) is 58.4 Å². The zero-order valence-electron chi connectivity index (χ0n) is 16.3. The van der Waals surface area contributed by atoms with Gasteiger partial charge in [-0.1, -0.05) is 30.3 Å². The van der Waals surface area contributed by atoms with Gasteiger partial charge in [0, 0.05) is 32.7 Å². The Morgan fingerprint density at radius 2 is 1.79 bits per heavy atom. The zero-order valence-corrected chi connectivity index (χ0v) is 16.3. The van der Waals surface area contributed by atoms with Gasteiger partial charge in [-0.15, -0.1) is 0 Å². The molecule has 0 saturated carbocycles. The fourth-order valence-electron chi connectivity index (χ4n) is 3.72. The average molecular weight is 394 g/mol. The van der Waals surface area contributed by atoms with Crippen molar-refractivity contribution in [3.63, 3.8) is 0 Å². The van der Waals surface area contributed by atoms with E-state index in [1.54, 1.807) is 11.8 Å². The van der Waals surface area contributed by atoms with Gasteiger partial charge >= 0.3 is 0 Å². The standard InChI is InChI=1S/C22H23FN4O2/c1-16-24-20-8-7-18(23)13-19(20)22(29)27(16)15-21(28)26-11-9-25(10-12-26)14-17-5-3-2-4-6-17/h2-8,13H,9-12,14-15H2,1H3. The van der Waals surface area contributed by atoms with Crippen molar-refractivity contribution in [1.82, 2.24) is 19.4 Å². The summed E-state index contributed by atoms with van der Waals surface area (Å²) in [6.07, 6.45) is 0. The fraction of sp³-hybridized carbons (Fsp3) is 0.318. The number of aryl methyl sites for hydroxylation is 1. The summed E-state index contributed by atoms with van der Waals surface area (Å²) in [5.41, 5.74) is 1.30. The lowest BCUT2D eigenvalue weighted by Crippen LogP contribution is -2.49. The largest absolute Gasteiger partial charge is 0.339 e. The summed E-state index contributed by atoms with van der Waals surface area (Å²) in [6.45, 7) is 5.29. The van der Waals surface area contributed by atoms with Gasteiger partial charge in [-0.25, -0.2) is 9.37 Å². The van der Waals surface area contributed by atoms with E-state index >= 15 is 0 Å². The summed E-state index contributed by atoms with van der Waals surface area (Å²) >= 11 is 0. The second-order valence-corrected chi connectivity index (χ2v) is 7.35. The molecule has 0 bridgehead atoms. The number of rotatable bonds is 4. The van der Waals surface area contributed by atoms with Crippen molar-refractivity contribution in [1.29, 1.82) is 0 Å². The van der Waals surface area contributed by atoms with Gasteiger partial charge in [0.15, 0.2) is 0 Å². The first-order valence-electron chi connectivity index (χ1n) is 9.72. The van der Waals surface area contributed by atoms with Crippen molar-refractivity contribution in [2.75, 3.05) is 26.2 Å². The first-order valence-corrected chi connectivity index (χ1v) is 9.72. The van der Waals surface area contributed by atoms with Crippen LogP contribution in [0, 0.1) is 12.7 Å². The van der Waals surface area contributed by atoms with Gasteiger partial charge < -0.3 is 4.90 Å². The Labute approximate surface area is 168 Å². The van der Waals surface area contributed by atoms with Gasteiger partial charge in [-0.05, 0) is 30.7 Å². The first-order chi connectivity index (χ1) is 14.0. The Morgan fingerprint density at radius 3 is 2.52 bits per heavy atom. The van der Waals surface area contributed by atoms with Crippen LogP contribution in [-0.2, 0) is 17.9 Å². The number of hydrogen-bond acceptors (Lipinski definition) is 4. The van der Waals surface area contributed by atoms with Crippen LogP contribution in [0.4, 0.5) is 4.39 Å². The lowest BCUT2D eigenvalue weighted by Gasteiger charge is -2.35. The molecular formula is C22H23FN4O2. The van der Waals surface area contributed by atoms with Gasteiger partial charge in [-0.2, -0.15) is 0 Å². The summed E-state index contributed by atoms with van der Waals surface area (Å²) in [6, 6.07) is 14.2. The van der Waals surface area contributed by atoms with E-state index in [1.807, 2.05) is 18.2 Å². The molecule has 150 valence electrons. The van der Waals surface area contributed by atoms with Crippen LogP contribution >= 0.6 is 0 Å². The number of carbonyl (C=O) groups excluding carboxylic acids is 1. The predicted molar refractivity (Wildman–Crippen MR) is 109 cm³/mol. The van der Waals surface area contributed by atoms with Crippen molar-refractivity contribution in [3.8, 4) is 0 Å². The maximum Gasteiger partial charge on any atom is 0.261 e. The molecule has 0 spiro atoms. The van der Waals surface area contributed by atoms with Crippen molar-refractivity contribution in [2.45, 2.75) is 20.0 Å². The SMILES string of the molecule is Cc1nc2ccc(F)cc2c(=O)n1CC(=O)N1CCN(Cc2ccccc2)CC1. The van der Waals surface area contributed by atoms with E-state index in [-0.39, 0.29) is 23.4 Å². The van der Waals surface area contributed by atoms with Crippen molar-refractivity contribution in [3.05, 3.63) is 76.1 Å². The van der Waals surface area contributed by atoms with E-state index in [0.717, 1.165) is 19.6 Å². The number of aromatic nitrogens is 2. The van der Waals surface area contributed by atoms with Gasteiger partial charge in [-0.3, -0.25) is 19.1 Å². The molecule has 1 saturated heterocycles. The van der Waals surface area contributed by atoms with E-state index in [2.05, 4.69) is 22.0 Å². The third-order valence-electron chi connectivity index (χ3n) is 5.37. The van der Waals surface area contributed by atoms with Gasteiger partial charge in [0.2, 0.25) is 5.91 Å². The third kappa shape index (κ3) is 4.19. The number of benzene rings is 2. The molecule has 3 aromatic rings. The van der Waals surface area contributed by atoms with Crippen LogP contribution in [0.1, 0.15) is 11.4 Å². The molecule has 1 aliphatic rings. The number of halogens is 1. The second kappa shape index (κ2) is 8.13. The molecule has 0 N–H and O–H groups in total. The molecule has 1 aromatic heterocycles. The Hall–Kier alpha value is -3.06. The van der Waals surface area contributed by atoms with E-state index in [1.165, 1.54) is 28.3 Å². The second-order valence-electron chi connectivity index (χ2n) is 7.35. The number of nitrogens with zero attached hydrogens (tertiary/aromatic N) is 4. The molecule has 29 heavy (non-hydrogen) atoms. The monoisotopic (exact) mass is 394 g/mol. The summed E-state index contributed by atoms with van der Waals surface area (Å²) < 4.78 is 14.9. The first kappa shape index (κ1) is 19.3. The molecule has 2 heterocycles. The third-order valence-corrected chi connectivity index (χ3v) is 5.37. The Morgan fingerprint density at radius 1 is 1.07 bits per heavy atom. The average Bonchev–Trinajstić information content (AvgIpc) is 2.73. The van der Waals surface area contributed by atoms with Gasteiger partial charge in [0.1, 0.15) is 18.2 Å². The molecule has 7 heteroatoms. The highest BCUT2D eigenvalue weighted by Crippen LogP contribution is 2.12. The highest BCUT2D eigenvalue weighted by molar-refractivity contribution is 5.79. The molecule has 2 aromatic carbocycles. The molecule has 1 amide bonds. The quantitative estimate of drug-likeness (QED) is 0.681. The van der Waals surface area contributed by atoms with Crippen LogP contribution < -0.4 is 5.56 Å². The minimum absolute atomic E-state index is 0.0806. The van der Waals surface area contributed by atoms with Gasteiger partial charge in [0.05, 0.1) is 10.9 Å². The van der Waals surface area contributed by atoms with Crippen LogP contribution in [0.25, 0.3) is 10.9 Å². The lowest BCUT2D eigenvalue weighted by atomic mass is 10.2. The van der Waals surface area contributed by atoms with Gasteiger partial charge in [0.25, 0.3) is 5.56 Å². The van der Waals surface area contributed by atoms with Crippen LogP contribution in [0.3, 0.4) is 0 Å². The fourth-order valence-corrected chi connectivity index (χ4v) is 3.72. The lowest BCUT2D eigenvalue weighted by molar-refractivity contribution is -0.133. The molecular weight excluding hydrogens is 371 g/mol. The number of piperazine rings is 1. The molecule has 0 radical (unpaired) electrons. The maximum atomic E-state index is 13.5. The van der Waals surface area contributed by atoms with E-state index in [0.29, 0.717) is 24.4 Å². The number of hydrogen-bond donors (Lipinski definition) is 0.